The quantitative estimate of drug-likeness (QED) is 0.666. The highest BCUT2D eigenvalue weighted by Gasteiger charge is 2.35. The van der Waals surface area contributed by atoms with Gasteiger partial charge < -0.3 is 10.2 Å². The second-order valence-electron chi connectivity index (χ2n) is 7.84. The van der Waals surface area contributed by atoms with Crippen molar-refractivity contribution in [2.45, 2.75) is 44.9 Å². The highest BCUT2D eigenvalue weighted by Crippen LogP contribution is 2.45. The van der Waals surface area contributed by atoms with Crippen molar-refractivity contribution in [3.8, 4) is 11.4 Å². The van der Waals surface area contributed by atoms with Crippen molar-refractivity contribution >= 4 is 10.9 Å². The van der Waals surface area contributed by atoms with Gasteiger partial charge in [0.15, 0.2) is 0 Å². The first-order valence-corrected chi connectivity index (χ1v) is 9.59. The fourth-order valence-corrected chi connectivity index (χ4v) is 3.54. The number of fused-ring (bicyclic) bond motifs is 1. The van der Waals surface area contributed by atoms with Gasteiger partial charge in [-0.15, -0.1) is 0 Å². The Kier molecular flexibility index (Phi) is 4.80. The van der Waals surface area contributed by atoms with Crippen molar-refractivity contribution < 1.29 is 23.4 Å². The molecule has 30 heavy (non-hydrogen) atoms. The lowest BCUT2D eigenvalue weighted by molar-refractivity contribution is -0.141. The number of pyridine rings is 1. The summed E-state index contributed by atoms with van der Waals surface area (Å²) in [5, 5.41) is 21.1. The van der Waals surface area contributed by atoms with Crippen LogP contribution in [-0.2, 0) is 6.18 Å². The number of nitrogens with zero attached hydrogens (tertiary/aromatic N) is 3. The van der Waals surface area contributed by atoms with E-state index in [4.69, 9.17) is 0 Å². The first-order valence-electron chi connectivity index (χ1n) is 9.59. The van der Waals surface area contributed by atoms with Gasteiger partial charge in [0.25, 0.3) is 5.56 Å². The van der Waals surface area contributed by atoms with Gasteiger partial charge in [0, 0.05) is 11.5 Å². The zero-order valence-electron chi connectivity index (χ0n) is 16.3. The van der Waals surface area contributed by atoms with Crippen LogP contribution in [0.5, 0.6) is 5.75 Å². The van der Waals surface area contributed by atoms with Crippen LogP contribution in [0.3, 0.4) is 0 Å². The molecule has 1 aliphatic rings. The Morgan fingerprint density at radius 3 is 2.40 bits per heavy atom. The van der Waals surface area contributed by atoms with Crippen molar-refractivity contribution in [2.24, 2.45) is 5.92 Å². The number of phenols is 1. The van der Waals surface area contributed by atoms with E-state index < -0.39 is 23.5 Å². The van der Waals surface area contributed by atoms with E-state index in [-0.39, 0.29) is 39.7 Å². The zero-order valence-corrected chi connectivity index (χ0v) is 16.3. The van der Waals surface area contributed by atoms with Crippen LogP contribution in [0.25, 0.3) is 16.6 Å². The predicted octanol–water partition coefficient (Wildman–Crippen LogP) is 4.07. The molecule has 3 aromatic rings. The van der Waals surface area contributed by atoms with E-state index >= 15 is 0 Å². The van der Waals surface area contributed by atoms with Crippen molar-refractivity contribution in [1.82, 2.24) is 14.5 Å². The summed E-state index contributed by atoms with van der Waals surface area (Å²) in [5.41, 5.74) is -0.984. The second-order valence-corrected chi connectivity index (χ2v) is 7.84. The summed E-state index contributed by atoms with van der Waals surface area (Å²) in [6.45, 7) is 3.59. The molecule has 1 atom stereocenters. The second kappa shape index (κ2) is 7.09. The fourth-order valence-electron chi connectivity index (χ4n) is 3.54. The smallest absolute Gasteiger partial charge is 0.433 e. The van der Waals surface area contributed by atoms with Gasteiger partial charge in [-0.25, -0.2) is 9.97 Å². The van der Waals surface area contributed by atoms with Gasteiger partial charge in [-0.3, -0.25) is 9.36 Å². The maximum atomic E-state index is 13.3. The van der Waals surface area contributed by atoms with E-state index in [0.717, 1.165) is 25.1 Å². The van der Waals surface area contributed by atoms with E-state index in [1.54, 1.807) is 13.8 Å². The van der Waals surface area contributed by atoms with Crippen LogP contribution in [0.2, 0.25) is 0 Å². The van der Waals surface area contributed by atoms with Gasteiger partial charge in [0.1, 0.15) is 17.3 Å². The maximum Gasteiger partial charge on any atom is 0.433 e. The number of aromatic nitrogens is 3. The molecular weight excluding hydrogens is 399 g/mol. The average molecular weight is 419 g/mol. The van der Waals surface area contributed by atoms with Crippen molar-refractivity contribution in [2.75, 3.05) is 0 Å². The molecule has 1 fully saturated rings. The lowest BCUT2D eigenvalue weighted by atomic mass is 10.00. The van der Waals surface area contributed by atoms with E-state index in [1.165, 1.54) is 22.8 Å². The van der Waals surface area contributed by atoms with Gasteiger partial charge in [-0.2, -0.15) is 13.2 Å². The lowest BCUT2D eigenvalue weighted by Gasteiger charge is -2.19. The summed E-state index contributed by atoms with van der Waals surface area (Å²) >= 11 is 0. The van der Waals surface area contributed by atoms with E-state index in [1.807, 2.05) is 0 Å². The minimum atomic E-state index is -4.59. The molecule has 4 rings (SSSR count). The minimum absolute atomic E-state index is 0.00680. The summed E-state index contributed by atoms with van der Waals surface area (Å²) in [4.78, 5) is 21.3. The van der Waals surface area contributed by atoms with Gasteiger partial charge in [0.05, 0.1) is 28.9 Å². The molecule has 2 aromatic heterocycles. The largest absolute Gasteiger partial charge is 0.507 e. The molecule has 1 aliphatic carbocycles. The van der Waals surface area contributed by atoms with Crippen LogP contribution in [-0.4, -0.2) is 24.7 Å². The Balaban J connectivity index is 1.97. The van der Waals surface area contributed by atoms with E-state index in [0.29, 0.717) is 5.82 Å². The Hall–Kier alpha value is -2.94. The van der Waals surface area contributed by atoms with Crippen LogP contribution < -0.4 is 5.56 Å². The van der Waals surface area contributed by atoms with Crippen LogP contribution in [0.4, 0.5) is 13.2 Å². The molecule has 6 nitrogen and oxygen atoms in total. The molecule has 1 unspecified atom stereocenters. The van der Waals surface area contributed by atoms with Crippen LogP contribution in [0.15, 0.2) is 35.3 Å². The number of hydrogen-bond donors (Lipinski definition) is 2. The molecule has 0 radical (unpaired) electrons. The molecule has 1 aromatic carbocycles. The van der Waals surface area contributed by atoms with Crippen molar-refractivity contribution in [3.63, 3.8) is 0 Å². The standard InChI is InChI=1S/C21H20F3N3O3/c1-10(2)19-26-17-13(6-7-14(28)16(17)18(29)11-3-4-11)20(30)27(19)12-5-8-15(25-9-12)21(22,23)24/h5-11,18,28-29H,3-4H2,1-2H3. The molecule has 158 valence electrons. The normalized spacial score (nSPS) is 15.7. The molecule has 0 aliphatic heterocycles. The first kappa shape index (κ1) is 20.3. The van der Waals surface area contributed by atoms with Crippen LogP contribution >= 0.6 is 0 Å². The van der Waals surface area contributed by atoms with E-state index in [2.05, 4.69) is 9.97 Å². The van der Waals surface area contributed by atoms with Crippen molar-refractivity contribution in [3.05, 3.63) is 57.9 Å². The Labute approximate surface area is 169 Å². The molecule has 2 N–H and O–H groups in total. The van der Waals surface area contributed by atoms with E-state index in [9.17, 15) is 28.2 Å². The number of aromatic hydroxyl groups is 1. The molecule has 0 amide bonds. The molecular formula is C21H20F3N3O3. The summed E-state index contributed by atoms with van der Waals surface area (Å²) in [7, 11) is 0. The SMILES string of the molecule is CC(C)c1nc2c(C(O)C3CC3)c(O)ccc2c(=O)n1-c1ccc(C(F)(F)F)nc1. The summed E-state index contributed by atoms with van der Waals surface area (Å²) in [6, 6.07) is 4.73. The average Bonchev–Trinajstić information content (AvgIpc) is 3.52. The molecule has 0 bridgehead atoms. The molecule has 9 heteroatoms. The topological polar surface area (TPSA) is 88.2 Å². The highest BCUT2D eigenvalue weighted by molar-refractivity contribution is 5.84. The third kappa shape index (κ3) is 3.43. The number of hydrogen-bond acceptors (Lipinski definition) is 5. The van der Waals surface area contributed by atoms with Gasteiger partial charge in [0.2, 0.25) is 0 Å². The summed E-state index contributed by atoms with van der Waals surface area (Å²) in [5.74, 6) is -0.105. The third-order valence-corrected chi connectivity index (χ3v) is 5.26. The minimum Gasteiger partial charge on any atom is -0.507 e. The van der Waals surface area contributed by atoms with Gasteiger partial charge in [-0.05, 0) is 43.0 Å². The number of aliphatic hydroxyl groups is 1. The lowest BCUT2D eigenvalue weighted by Crippen LogP contribution is -2.25. The van der Waals surface area contributed by atoms with Crippen LogP contribution in [0.1, 0.15) is 55.8 Å². The maximum absolute atomic E-state index is 13.3. The molecule has 0 spiro atoms. The fraction of sp³-hybridized carbons (Fsp3) is 0.381. The number of alkyl halides is 3. The number of halogens is 3. The predicted molar refractivity (Wildman–Crippen MR) is 104 cm³/mol. The molecule has 0 saturated heterocycles. The Morgan fingerprint density at radius 2 is 1.87 bits per heavy atom. The monoisotopic (exact) mass is 419 g/mol. The Morgan fingerprint density at radius 1 is 1.17 bits per heavy atom. The summed E-state index contributed by atoms with van der Waals surface area (Å²) < 4.78 is 39.8. The highest BCUT2D eigenvalue weighted by atomic mass is 19.4. The van der Waals surface area contributed by atoms with Gasteiger partial charge in [-0.1, -0.05) is 13.8 Å². The molecule has 1 saturated carbocycles. The first-order chi connectivity index (χ1) is 14.1. The Bertz CT molecular complexity index is 1170. The number of phenolic OH excluding ortho intramolecular Hbond substituents is 1. The zero-order chi connectivity index (χ0) is 21.8. The number of aliphatic hydroxyl groups excluding tert-OH is 1. The van der Waals surface area contributed by atoms with Crippen LogP contribution in [0, 0.1) is 5.92 Å². The number of rotatable bonds is 4. The van der Waals surface area contributed by atoms with Gasteiger partial charge >= 0.3 is 6.18 Å². The third-order valence-electron chi connectivity index (χ3n) is 5.26. The summed E-state index contributed by atoms with van der Waals surface area (Å²) in [6.07, 6.45) is -2.89. The molecule has 2 heterocycles. The van der Waals surface area contributed by atoms with Crippen molar-refractivity contribution in [1.29, 1.82) is 0 Å². The number of benzene rings is 1.